The van der Waals surface area contributed by atoms with Crippen molar-refractivity contribution in [3.8, 4) is 33.9 Å². The number of nitrogens with zero attached hydrogens (tertiary/aromatic N) is 1. The first-order valence-corrected chi connectivity index (χ1v) is 11.5. The van der Waals surface area contributed by atoms with Crippen LogP contribution in [0.5, 0.6) is 11.5 Å². The van der Waals surface area contributed by atoms with E-state index < -0.39 is 0 Å². The van der Waals surface area contributed by atoms with Crippen LogP contribution in [0.2, 0.25) is 0 Å². The van der Waals surface area contributed by atoms with Gasteiger partial charge in [0.25, 0.3) is 5.91 Å². The Labute approximate surface area is 199 Å². The van der Waals surface area contributed by atoms with Gasteiger partial charge in [0.05, 0.1) is 11.4 Å². The molecule has 0 unspecified atom stereocenters. The number of anilines is 2. The number of nitrogens with one attached hydrogen (secondary N) is 1. The summed E-state index contributed by atoms with van der Waals surface area (Å²) in [6, 6.07) is 27.3. The van der Waals surface area contributed by atoms with E-state index in [2.05, 4.69) is 5.32 Å². The lowest BCUT2D eigenvalue weighted by Crippen LogP contribution is -2.11. The van der Waals surface area contributed by atoms with E-state index in [0.29, 0.717) is 32.6 Å². The lowest BCUT2D eigenvalue weighted by molar-refractivity contribution is 0.103. The Morgan fingerprint density at radius 1 is 0.882 bits per heavy atom. The molecule has 0 saturated carbocycles. The van der Waals surface area contributed by atoms with Crippen LogP contribution in [0.15, 0.2) is 84.9 Å². The molecule has 0 fully saturated rings. The zero-order valence-corrected chi connectivity index (χ0v) is 18.8. The number of benzene rings is 3. The van der Waals surface area contributed by atoms with Crippen LogP contribution in [-0.2, 0) is 0 Å². The predicted molar refractivity (Wildman–Crippen MR) is 135 cm³/mol. The van der Waals surface area contributed by atoms with E-state index >= 15 is 0 Å². The largest absolute Gasteiger partial charge is 0.454 e. The topological polar surface area (TPSA) is 86.5 Å². The maximum absolute atomic E-state index is 13.2. The van der Waals surface area contributed by atoms with Gasteiger partial charge >= 0.3 is 0 Å². The minimum atomic E-state index is -0.292. The molecule has 0 radical (unpaired) electrons. The minimum absolute atomic E-state index is 0.174. The number of nitrogens with two attached hydrogens (primary N) is 1. The van der Waals surface area contributed by atoms with Gasteiger partial charge in [-0.15, -0.1) is 11.3 Å². The SMILES string of the molecule is Nc1c(C(=O)Nc2ccc3c(c2)OCO3)sc2nc(-c3ccccc3)cc(-c3ccccc3)c12. The Morgan fingerprint density at radius 2 is 1.59 bits per heavy atom. The summed E-state index contributed by atoms with van der Waals surface area (Å²) in [7, 11) is 0. The molecule has 0 spiro atoms. The van der Waals surface area contributed by atoms with Gasteiger partial charge in [-0.2, -0.15) is 0 Å². The van der Waals surface area contributed by atoms with E-state index in [1.165, 1.54) is 11.3 Å². The zero-order valence-electron chi connectivity index (χ0n) is 17.9. The third-order valence-corrected chi connectivity index (χ3v) is 6.79. The van der Waals surface area contributed by atoms with Crippen molar-refractivity contribution in [1.82, 2.24) is 4.98 Å². The number of amides is 1. The summed E-state index contributed by atoms with van der Waals surface area (Å²) in [6.07, 6.45) is 0. The van der Waals surface area contributed by atoms with Crippen molar-refractivity contribution in [2.45, 2.75) is 0 Å². The lowest BCUT2D eigenvalue weighted by Gasteiger charge is -2.09. The van der Waals surface area contributed by atoms with Gasteiger partial charge in [-0.05, 0) is 29.3 Å². The molecule has 0 atom stereocenters. The predicted octanol–water partition coefficient (Wildman–Crippen LogP) is 6.19. The maximum Gasteiger partial charge on any atom is 0.267 e. The highest BCUT2D eigenvalue weighted by molar-refractivity contribution is 7.21. The molecule has 166 valence electrons. The molecule has 34 heavy (non-hydrogen) atoms. The number of thiophene rings is 1. The summed E-state index contributed by atoms with van der Waals surface area (Å²) in [5.41, 5.74) is 11.4. The second kappa shape index (κ2) is 8.20. The molecule has 6 nitrogen and oxygen atoms in total. The van der Waals surface area contributed by atoms with Gasteiger partial charge in [0.1, 0.15) is 9.71 Å². The van der Waals surface area contributed by atoms with Crippen LogP contribution < -0.4 is 20.5 Å². The van der Waals surface area contributed by atoms with Crippen LogP contribution in [-0.4, -0.2) is 17.7 Å². The molecule has 3 heterocycles. The molecule has 2 aromatic heterocycles. The number of fused-ring (bicyclic) bond motifs is 2. The fourth-order valence-corrected chi connectivity index (χ4v) is 5.07. The number of nitrogen functional groups attached to an aromatic ring is 1. The van der Waals surface area contributed by atoms with Gasteiger partial charge in [0.2, 0.25) is 6.79 Å². The van der Waals surface area contributed by atoms with Crippen molar-refractivity contribution in [2.24, 2.45) is 0 Å². The van der Waals surface area contributed by atoms with Crippen LogP contribution in [0.1, 0.15) is 9.67 Å². The number of aromatic nitrogens is 1. The molecule has 3 N–H and O–H groups in total. The summed E-state index contributed by atoms with van der Waals surface area (Å²) >= 11 is 1.29. The number of rotatable bonds is 4. The van der Waals surface area contributed by atoms with Crippen molar-refractivity contribution in [3.05, 3.63) is 89.8 Å². The number of pyridine rings is 1. The Hall–Kier alpha value is -4.36. The highest BCUT2D eigenvalue weighted by Gasteiger charge is 2.22. The number of ether oxygens (including phenoxy) is 2. The molecule has 5 aromatic rings. The first-order valence-electron chi connectivity index (χ1n) is 10.7. The van der Waals surface area contributed by atoms with Gasteiger partial charge in [-0.25, -0.2) is 4.98 Å². The first-order chi connectivity index (χ1) is 16.7. The first kappa shape index (κ1) is 20.3. The molecular formula is C27H19N3O3S. The monoisotopic (exact) mass is 465 g/mol. The third-order valence-electron chi connectivity index (χ3n) is 5.69. The average Bonchev–Trinajstić information content (AvgIpc) is 3.48. The van der Waals surface area contributed by atoms with Crippen molar-refractivity contribution >= 4 is 38.8 Å². The summed E-state index contributed by atoms with van der Waals surface area (Å²) in [5, 5.41) is 3.71. The number of carbonyl (C=O) groups excluding carboxylic acids is 1. The molecule has 1 aliphatic heterocycles. The Morgan fingerprint density at radius 3 is 2.35 bits per heavy atom. The Bertz CT molecular complexity index is 1530. The van der Waals surface area contributed by atoms with Gasteiger partial charge in [-0.1, -0.05) is 60.7 Å². The molecule has 1 amide bonds. The zero-order chi connectivity index (χ0) is 23.1. The van der Waals surface area contributed by atoms with Crippen molar-refractivity contribution in [2.75, 3.05) is 17.8 Å². The number of hydrogen-bond acceptors (Lipinski definition) is 6. The molecule has 3 aromatic carbocycles. The van der Waals surface area contributed by atoms with Gasteiger partial charge in [-0.3, -0.25) is 4.79 Å². The fraction of sp³-hybridized carbons (Fsp3) is 0.0370. The highest BCUT2D eigenvalue weighted by Crippen LogP contribution is 2.42. The van der Waals surface area contributed by atoms with Gasteiger partial charge in [0, 0.05) is 22.7 Å². The van der Waals surface area contributed by atoms with Crippen LogP contribution >= 0.6 is 11.3 Å². The second-order valence-corrected chi connectivity index (χ2v) is 8.83. The van der Waals surface area contributed by atoms with Crippen LogP contribution in [0, 0.1) is 0 Å². The summed E-state index contributed by atoms with van der Waals surface area (Å²) in [5.74, 6) is 0.965. The normalized spacial score (nSPS) is 12.1. The maximum atomic E-state index is 13.2. The standard InChI is InChI=1S/C27H19N3O3S/c28-24-23-19(16-7-3-1-4-8-16)14-20(17-9-5-2-6-10-17)30-27(23)34-25(24)26(31)29-18-11-12-21-22(13-18)33-15-32-21/h1-14H,15,28H2,(H,29,31). The number of hydrogen-bond donors (Lipinski definition) is 2. The molecular weight excluding hydrogens is 446 g/mol. The fourth-order valence-electron chi connectivity index (χ4n) is 4.05. The third kappa shape index (κ3) is 3.52. The van der Waals surface area contributed by atoms with E-state index in [9.17, 15) is 4.79 Å². The van der Waals surface area contributed by atoms with E-state index in [1.54, 1.807) is 18.2 Å². The minimum Gasteiger partial charge on any atom is -0.454 e. The lowest BCUT2D eigenvalue weighted by atomic mass is 9.99. The molecule has 7 heteroatoms. The quantitative estimate of drug-likeness (QED) is 0.330. The van der Waals surface area contributed by atoms with E-state index in [-0.39, 0.29) is 12.7 Å². The van der Waals surface area contributed by atoms with Gasteiger partial charge < -0.3 is 20.5 Å². The molecule has 0 bridgehead atoms. The smallest absolute Gasteiger partial charge is 0.267 e. The van der Waals surface area contributed by atoms with Crippen LogP contribution in [0.25, 0.3) is 32.6 Å². The molecule has 1 aliphatic rings. The summed E-state index contributed by atoms with van der Waals surface area (Å²) in [4.78, 5) is 19.2. The Kier molecular flexibility index (Phi) is 4.89. The van der Waals surface area contributed by atoms with Crippen LogP contribution in [0.4, 0.5) is 11.4 Å². The Balaban J connectivity index is 1.46. The van der Waals surface area contributed by atoms with Gasteiger partial charge in [0.15, 0.2) is 11.5 Å². The highest BCUT2D eigenvalue weighted by atomic mass is 32.1. The summed E-state index contributed by atoms with van der Waals surface area (Å²) in [6.45, 7) is 0.174. The molecule has 0 saturated heterocycles. The van der Waals surface area contributed by atoms with Crippen molar-refractivity contribution < 1.29 is 14.3 Å². The summed E-state index contributed by atoms with van der Waals surface area (Å²) < 4.78 is 10.8. The number of carbonyl (C=O) groups is 1. The van der Waals surface area contributed by atoms with E-state index in [0.717, 1.165) is 27.8 Å². The van der Waals surface area contributed by atoms with E-state index in [4.69, 9.17) is 20.2 Å². The van der Waals surface area contributed by atoms with Crippen molar-refractivity contribution in [1.29, 1.82) is 0 Å². The molecule has 0 aliphatic carbocycles. The van der Waals surface area contributed by atoms with Crippen LogP contribution in [0.3, 0.4) is 0 Å². The molecule has 6 rings (SSSR count). The second-order valence-electron chi connectivity index (χ2n) is 7.83. The van der Waals surface area contributed by atoms with E-state index in [1.807, 2.05) is 66.7 Å². The van der Waals surface area contributed by atoms with Crippen molar-refractivity contribution in [3.63, 3.8) is 0 Å². The average molecular weight is 466 g/mol.